The molecule has 2 rings (SSSR count). The molecule has 1 aromatic heterocycles. The average molecular weight is 359 g/mol. The Morgan fingerprint density at radius 2 is 2.05 bits per heavy atom. The van der Waals surface area contributed by atoms with Gasteiger partial charge in [0.05, 0.1) is 0 Å². The first-order chi connectivity index (χ1) is 8.97. The van der Waals surface area contributed by atoms with Crippen molar-refractivity contribution in [1.82, 2.24) is 5.32 Å². The van der Waals surface area contributed by atoms with Crippen molar-refractivity contribution in [2.45, 2.75) is 33.4 Å². The summed E-state index contributed by atoms with van der Waals surface area (Å²) in [5, 5.41) is 4.33. The Morgan fingerprint density at radius 3 is 2.68 bits per heavy atom. The third kappa shape index (κ3) is 3.82. The van der Waals surface area contributed by atoms with E-state index in [4.69, 9.17) is 11.6 Å². The van der Waals surface area contributed by atoms with Crippen LogP contribution < -0.4 is 5.32 Å². The summed E-state index contributed by atoms with van der Waals surface area (Å²) >= 11 is 11.4. The van der Waals surface area contributed by atoms with Gasteiger partial charge in [0, 0.05) is 31.8 Å². The standard InChI is InChI=1S/C15H17BrClNS/c1-9-6-14(11(3)19-9)10(2)18-8-12-7-13(17)4-5-15(12)16/h4-7,10,18H,8H2,1-3H3. The fraction of sp³-hybridized carbons (Fsp3) is 0.333. The molecular formula is C15H17BrClNS. The largest absolute Gasteiger partial charge is 0.306 e. The minimum Gasteiger partial charge on any atom is -0.306 e. The van der Waals surface area contributed by atoms with Gasteiger partial charge in [0.25, 0.3) is 0 Å². The molecule has 1 unspecified atom stereocenters. The summed E-state index contributed by atoms with van der Waals surface area (Å²) in [7, 11) is 0. The van der Waals surface area contributed by atoms with Crippen molar-refractivity contribution < 1.29 is 0 Å². The van der Waals surface area contributed by atoms with E-state index in [0.717, 1.165) is 16.0 Å². The Morgan fingerprint density at radius 1 is 1.32 bits per heavy atom. The number of rotatable bonds is 4. The molecule has 0 aliphatic heterocycles. The molecule has 102 valence electrons. The van der Waals surface area contributed by atoms with Crippen LogP contribution in [0.2, 0.25) is 5.02 Å². The fourth-order valence-corrected chi connectivity index (χ4v) is 3.74. The predicted octanol–water partition coefficient (Wildman–Crippen LogP) is 5.63. The second-order valence-electron chi connectivity index (χ2n) is 4.71. The molecule has 0 fully saturated rings. The van der Waals surface area contributed by atoms with Gasteiger partial charge in [-0.1, -0.05) is 27.5 Å². The average Bonchev–Trinajstić information content (AvgIpc) is 2.69. The lowest BCUT2D eigenvalue weighted by atomic mass is 10.1. The molecule has 1 atom stereocenters. The van der Waals surface area contributed by atoms with Gasteiger partial charge in [-0.3, -0.25) is 0 Å². The van der Waals surface area contributed by atoms with Crippen LogP contribution in [0.5, 0.6) is 0 Å². The monoisotopic (exact) mass is 357 g/mol. The molecule has 0 amide bonds. The SMILES string of the molecule is Cc1cc(C(C)NCc2cc(Cl)ccc2Br)c(C)s1. The zero-order valence-corrected chi connectivity index (χ0v) is 14.4. The van der Waals surface area contributed by atoms with Gasteiger partial charge in [-0.2, -0.15) is 0 Å². The minimum absolute atomic E-state index is 0.343. The highest BCUT2D eigenvalue weighted by molar-refractivity contribution is 9.10. The highest BCUT2D eigenvalue weighted by atomic mass is 79.9. The van der Waals surface area contributed by atoms with E-state index in [2.05, 4.69) is 48.1 Å². The van der Waals surface area contributed by atoms with Crippen molar-refractivity contribution in [3.63, 3.8) is 0 Å². The molecule has 1 heterocycles. The molecule has 0 aliphatic carbocycles. The van der Waals surface area contributed by atoms with Gasteiger partial charge in [-0.15, -0.1) is 11.3 Å². The fourth-order valence-electron chi connectivity index (χ4n) is 2.13. The van der Waals surface area contributed by atoms with Crippen molar-refractivity contribution in [3.05, 3.63) is 54.6 Å². The number of hydrogen-bond acceptors (Lipinski definition) is 2. The van der Waals surface area contributed by atoms with Crippen LogP contribution in [0.25, 0.3) is 0 Å². The lowest BCUT2D eigenvalue weighted by Crippen LogP contribution is -2.18. The summed E-state index contributed by atoms with van der Waals surface area (Å²) in [6.45, 7) is 7.34. The quantitative estimate of drug-likeness (QED) is 0.746. The van der Waals surface area contributed by atoms with Crippen LogP contribution in [0, 0.1) is 13.8 Å². The van der Waals surface area contributed by atoms with Crippen molar-refractivity contribution >= 4 is 38.9 Å². The van der Waals surface area contributed by atoms with Crippen molar-refractivity contribution in [2.24, 2.45) is 0 Å². The number of halogens is 2. The molecule has 19 heavy (non-hydrogen) atoms. The molecular weight excluding hydrogens is 342 g/mol. The summed E-state index contributed by atoms with van der Waals surface area (Å²) in [4.78, 5) is 2.76. The maximum absolute atomic E-state index is 6.03. The van der Waals surface area contributed by atoms with E-state index in [9.17, 15) is 0 Å². The van der Waals surface area contributed by atoms with Gasteiger partial charge in [0.2, 0.25) is 0 Å². The summed E-state index contributed by atoms with van der Waals surface area (Å²) in [5.41, 5.74) is 2.57. The first-order valence-corrected chi connectivity index (χ1v) is 8.20. The van der Waals surface area contributed by atoms with E-state index in [1.54, 1.807) is 0 Å². The predicted molar refractivity (Wildman–Crippen MR) is 88.2 cm³/mol. The number of hydrogen-bond donors (Lipinski definition) is 1. The maximum atomic E-state index is 6.03. The highest BCUT2D eigenvalue weighted by Gasteiger charge is 2.11. The Bertz CT molecular complexity index is 580. The Hall–Kier alpha value is -0.350. The van der Waals surface area contributed by atoms with Crippen LogP contribution >= 0.6 is 38.9 Å². The first-order valence-electron chi connectivity index (χ1n) is 6.21. The smallest absolute Gasteiger partial charge is 0.0410 e. The Labute approximate surface area is 132 Å². The zero-order valence-electron chi connectivity index (χ0n) is 11.3. The summed E-state index contributed by atoms with van der Waals surface area (Å²) < 4.78 is 1.09. The first kappa shape index (κ1) is 15.0. The van der Waals surface area contributed by atoms with E-state index in [0.29, 0.717) is 6.04 Å². The molecule has 0 aliphatic rings. The summed E-state index contributed by atoms with van der Waals surface area (Å²) in [6, 6.07) is 8.49. The number of benzene rings is 1. The van der Waals surface area contributed by atoms with Gasteiger partial charge in [0.1, 0.15) is 0 Å². The zero-order chi connectivity index (χ0) is 14.0. The molecule has 0 saturated carbocycles. The molecule has 1 aromatic carbocycles. The van der Waals surface area contributed by atoms with Crippen LogP contribution in [-0.2, 0) is 6.54 Å². The maximum Gasteiger partial charge on any atom is 0.0410 e. The molecule has 0 spiro atoms. The summed E-state index contributed by atoms with van der Waals surface area (Å²) in [5.74, 6) is 0. The molecule has 4 heteroatoms. The van der Waals surface area contributed by atoms with Crippen molar-refractivity contribution in [3.8, 4) is 0 Å². The lowest BCUT2D eigenvalue weighted by molar-refractivity contribution is 0.573. The van der Waals surface area contributed by atoms with Gasteiger partial charge in [-0.05, 0) is 56.2 Å². The minimum atomic E-state index is 0.343. The topological polar surface area (TPSA) is 12.0 Å². The Kier molecular flexibility index (Phi) is 5.07. The normalized spacial score (nSPS) is 12.7. The molecule has 1 nitrogen and oxygen atoms in total. The third-order valence-corrected chi connectivity index (χ3v) is 5.14. The van der Waals surface area contributed by atoms with Gasteiger partial charge < -0.3 is 5.32 Å². The van der Waals surface area contributed by atoms with Crippen LogP contribution in [0.4, 0.5) is 0 Å². The van der Waals surface area contributed by atoms with Crippen LogP contribution in [0.3, 0.4) is 0 Å². The van der Waals surface area contributed by atoms with Crippen LogP contribution in [0.15, 0.2) is 28.7 Å². The molecule has 0 radical (unpaired) electrons. The van der Waals surface area contributed by atoms with Crippen LogP contribution in [0.1, 0.15) is 33.8 Å². The molecule has 0 bridgehead atoms. The van der Waals surface area contributed by atoms with E-state index >= 15 is 0 Å². The summed E-state index contributed by atoms with van der Waals surface area (Å²) in [6.07, 6.45) is 0. The lowest BCUT2D eigenvalue weighted by Gasteiger charge is -2.15. The van der Waals surface area contributed by atoms with Crippen molar-refractivity contribution in [1.29, 1.82) is 0 Å². The van der Waals surface area contributed by atoms with Crippen LogP contribution in [-0.4, -0.2) is 0 Å². The van der Waals surface area contributed by atoms with Gasteiger partial charge >= 0.3 is 0 Å². The van der Waals surface area contributed by atoms with Gasteiger partial charge in [0.15, 0.2) is 0 Å². The highest BCUT2D eigenvalue weighted by Crippen LogP contribution is 2.27. The Balaban J connectivity index is 2.06. The third-order valence-electron chi connectivity index (χ3n) is 3.15. The van der Waals surface area contributed by atoms with Crippen molar-refractivity contribution in [2.75, 3.05) is 0 Å². The second-order valence-corrected chi connectivity index (χ2v) is 7.46. The van der Waals surface area contributed by atoms with E-state index in [1.165, 1.54) is 20.9 Å². The van der Waals surface area contributed by atoms with Gasteiger partial charge in [-0.25, -0.2) is 0 Å². The van der Waals surface area contributed by atoms with E-state index < -0.39 is 0 Å². The molecule has 1 N–H and O–H groups in total. The molecule has 2 aromatic rings. The second kappa shape index (κ2) is 6.40. The van der Waals surface area contributed by atoms with E-state index in [-0.39, 0.29) is 0 Å². The number of nitrogens with one attached hydrogen (secondary N) is 1. The number of aryl methyl sites for hydroxylation is 2. The van der Waals surface area contributed by atoms with E-state index in [1.807, 2.05) is 29.5 Å². The number of thiophene rings is 1. The molecule has 0 saturated heterocycles.